The Bertz CT molecular complexity index is 543. The normalized spacial score (nSPS) is 39.6. The van der Waals surface area contributed by atoms with E-state index in [1.54, 1.807) is 7.11 Å². The van der Waals surface area contributed by atoms with Crippen molar-refractivity contribution in [3.8, 4) is 0 Å². The zero-order chi connectivity index (χ0) is 13.0. The summed E-state index contributed by atoms with van der Waals surface area (Å²) in [5.74, 6) is 0.536. The average Bonchev–Trinajstić information content (AvgIpc) is 2.67. The van der Waals surface area contributed by atoms with Crippen LogP contribution in [0.1, 0.15) is 32.1 Å². The lowest BCUT2D eigenvalue weighted by atomic mass is 9.62. The summed E-state index contributed by atoms with van der Waals surface area (Å²) in [7, 11) is 1.76. The van der Waals surface area contributed by atoms with Gasteiger partial charge in [0.1, 0.15) is 0 Å². The van der Waals surface area contributed by atoms with E-state index >= 15 is 0 Å². The van der Waals surface area contributed by atoms with E-state index in [1.165, 1.54) is 24.0 Å². The Morgan fingerprint density at radius 1 is 1.42 bits per heavy atom. The first-order valence-electron chi connectivity index (χ1n) is 7.23. The molecule has 4 rings (SSSR count). The third-order valence-corrected chi connectivity index (χ3v) is 5.28. The van der Waals surface area contributed by atoms with Crippen LogP contribution in [0.5, 0.6) is 0 Å². The first-order valence-corrected chi connectivity index (χ1v) is 7.23. The van der Waals surface area contributed by atoms with Gasteiger partial charge in [0.2, 0.25) is 0 Å². The molecule has 1 N–H and O–H groups in total. The van der Waals surface area contributed by atoms with Crippen LogP contribution in [0.25, 0.3) is 0 Å². The summed E-state index contributed by atoms with van der Waals surface area (Å²) in [6.07, 6.45) is 12.2. The fourth-order valence-corrected chi connectivity index (χ4v) is 4.38. The lowest BCUT2D eigenvalue weighted by Gasteiger charge is -2.46. The third kappa shape index (κ3) is 1.39. The van der Waals surface area contributed by atoms with Crippen LogP contribution in [-0.2, 0) is 9.53 Å². The quantitative estimate of drug-likeness (QED) is 0.782. The Morgan fingerprint density at radius 3 is 3.16 bits per heavy atom. The second-order valence-corrected chi connectivity index (χ2v) is 6.09. The van der Waals surface area contributed by atoms with Crippen molar-refractivity contribution in [3.63, 3.8) is 0 Å². The lowest BCUT2D eigenvalue weighted by Crippen LogP contribution is -2.53. The van der Waals surface area contributed by atoms with Gasteiger partial charge in [0.05, 0.1) is 11.6 Å². The molecule has 0 radical (unpaired) electrons. The van der Waals surface area contributed by atoms with E-state index in [-0.39, 0.29) is 17.6 Å². The van der Waals surface area contributed by atoms with Gasteiger partial charge in [-0.3, -0.25) is 4.79 Å². The molecule has 3 unspecified atom stereocenters. The van der Waals surface area contributed by atoms with Crippen molar-refractivity contribution in [2.45, 2.75) is 43.7 Å². The highest BCUT2D eigenvalue weighted by Gasteiger charge is 2.54. The Balaban J connectivity index is 1.85. The van der Waals surface area contributed by atoms with Gasteiger partial charge in [-0.15, -0.1) is 0 Å². The number of rotatable bonds is 1. The number of carbonyl (C=O) groups excluding carboxylic acids is 1. The van der Waals surface area contributed by atoms with Crippen molar-refractivity contribution in [1.29, 1.82) is 0 Å². The van der Waals surface area contributed by atoms with Crippen LogP contribution in [0.3, 0.4) is 0 Å². The molecule has 100 valence electrons. The predicted octanol–water partition coefficient (Wildman–Crippen LogP) is 2.26. The fourth-order valence-electron chi connectivity index (χ4n) is 4.38. The molecule has 0 aromatic heterocycles. The molecule has 0 saturated heterocycles. The number of allylic oxidation sites excluding steroid dienone is 1. The average molecular weight is 257 g/mol. The number of hydrogen-bond donors (Lipinski definition) is 1. The van der Waals surface area contributed by atoms with Crippen molar-refractivity contribution in [2.24, 2.45) is 5.92 Å². The van der Waals surface area contributed by atoms with Crippen molar-refractivity contribution < 1.29 is 9.53 Å². The maximum atomic E-state index is 12.2. The van der Waals surface area contributed by atoms with Crippen molar-refractivity contribution in [2.75, 3.05) is 7.11 Å². The number of nitrogens with one attached hydrogen (secondary N) is 1. The van der Waals surface area contributed by atoms with Crippen LogP contribution < -0.4 is 5.32 Å². The number of amides is 1. The molecule has 1 aliphatic heterocycles. The molecule has 1 heterocycles. The van der Waals surface area contributed by atoms with Gasteiger partial charge in [-0.25, -0.2) is 0 Å². The molecule has 1 saturated carbocycles. The summed E-state index contributed by atoms with van der Waals surface area (Å²) in [6, 6.07) is 0. The van der Waals surface area contributed by atoms with E-state index in [4.69, 9.17) is 4.74 Å². The van der Waals surface area contributed by atoms with Gasteiger partial charge in [0.15, 0.2) is 0 Å². The number of carbonyl (C=O) groups is 1. The van der Waals surface area contributed by atoms with Gasteiger partial charge in [-0.2, -0.15) is 0 Å². The van der Waals surface area contributed by atoms with Crippen LogP contribution in [0.2, 0.25) is 0 Å². The maximum Gasteiger partial charge on any atom is 0.252 e. The molecule has 1 fully saturated rings. The van der Waals surface area contributed by atoms with Crippen LogP contribution in [0, 0.1) is 5.92 Å². The van der Waals surface area contributed by atoms with E-state index < -0.39 is 0 Å². The Labute approximate surface area is 113 Å². The maximum absolute atomic E-state index is 12.2. The minimum Gasteiger partial charge on any atom is -0.377 e. The van der Waals surface area contributed by atoms with E-state index in [1.807, 2.05) is 0 Å². The van der Waals surface area contributed by atoms with Gasteiger partial charge < -0.3 is 10.1 Å². The first kappa shape index (κ1) is 11.5. The molecule has 0 spiro atoms. The molecule has 19 heavy (non-hydrogen) atoms. The number of fused-ring (bicyclic) bond motifs is 1. The molecule has 3 atom stereocenters. The molecule has 3 nitrogen and oxygen atoms in total. The Kier molecular flexibility index (Phi) is 2.31. The standard InChI is InChI=1S/C16H19NO2/c1-19-11-6-5-10-8-12-13-4-2-3-7-16(13,14(10)9-11)17-15(12)18/h5-6,8,11,14H,2-4,7,9H2,1H3,(H,17,18). The summed E-state index contributed by atoms with van der Waals surface area (Å²) in [5.41, 5.74) is 3.55. The minimum absolute atomic E-state index is 0.0870. The second kappa shape index (κ2) is 3.83. The van der Waals surface area contributed by atoms with E-state index in [9.17, 15) is 4.79 Å². The lowest BCUT2D eigenvalue weighted by molar-refractivity contribution is -0.117. The van der Waals surface area contributed by atoms with Crippen LogP contribution in [-0.4, -0.2) is 24.7 Å². The van der Waals surface area contributed by atoms with E-state index in [2.05, 4.69) is 23.5 Å². The molecular formula is C16H19NO2. The molecule has 0 aromatic carbocycles. The summed E-state index contributed by atoms with van der Waals surface area (Å²) in [5, 5.41) is 3.32. The smallest absolute Gasteiger partial charge is 0.252 e. The van der Waals surface area contributed by atoms with Crippen LogP contribution in [0.4, 0.5) is 0 Å². The Morgan fingerprint density at radius 2 is 2.32 bits per heavy atom. The highest BCUT2D eigenvalue weighted by atomic mass is 16.5. The monoisotopic (exact) mass is 257 g/mol. The highest BCUT2D eigenvalue weighted by Crippen LogP contribution is 2.52. The zero-order valence-electron chi connectivity index (χ0n) is 11.2. The molecule has 3 heteroatoms. The molecule has 1 amide bonds. The fraction of sp³-hybridized carbons (Fsp3) is 0.562. The van der Waals surface area contributed by atoms with E-state index in [0.29, 0.717) is 5.92 Å². The molecule has 0 aromatic rings. The molecule has 4 aliphatic rings. The minimum atomic E-state index is -0.0870. The molecular weight excluding hydrogens is 238 g/mol. The molecule has 2 bridgehead atoms. The first-order chi connectivity index (χ1) is 9.24. The summed E-state index contributed by atoms with van der Waals surface area (Å²) >= 11 is 0. The summed E-state index contributed by atoms with van der Waals surface area (Å²) in [6.45, 7) is 0. The largest absolute Gasteiger partial charge is 0.377 e. The second-order valence-electron chi connectivity index (χ2n) is 6.09. The summed E-state index contributed by atoms with van der Waals surface area (Å²) < 4.78 is 5.51. The third-order valence-electron chi connectivity index (χ3n) is 5.28. The van der Waals surface area contributed by atoms with Gasteiger partial charge in [0.25, 0.3) is 5.91 Å². The molecule has 3 aliphatic carbocycles. The Hall–Kier alpha value is -1.35. The SMILES string of the molecule is COC1C=CC2=CC3=C4CCCCC4(NC3=O)C2C1. The van der Waals surface area contributed by atoms with Gasteiger partial charge in [-0.1, -0.05) is 18.6 Å². The van der Waals surface area contributed by atoms with Crippen molar-refractivity contribution >= 4 is 5.91 Å². The predicted molar refractivity (Wildman–Crippen MR) is 72.5 cm³/mol. The van der Waals surface area contributed by atoms with Crippen LogP contribution >= 0.6 is 0 Å². The van der Waals surface area contributed by atoms with Gasteiger partial charge in [-0.05, 0) is 42.9 Å². The van der Waals surface area contributed by atoms with E-state index in [0.717, 1.165) is 24.8 Å². The number of ether oxygens (including phenoxy) is 1. The number of methoxy groups -OCH3 is 1. The summed E-state index contributed by atoms with van der Waals surface area (Å²) in [4.78, 5) is 12.2. The van der Waals surface area contributed by atoms with Crippen LogP contribution in [0.15, 0.2) is 34.9 Å². The van der Waals surface area contributed by atoms with Crippen molar-refractivity contribution in [3.05, 3.63) is 34.9 Å². The zero-order valence-corrected chi connectivity index (χ0v) is 11.2. The van der Waals surface area contributed by atoms with Gasteiger partial charge in [0, 0.05) is 18.6 Å². The number of hydrogen-bond acceptors (Lipinski definition) is 2. The van der Waals surface area contributed by atoms with Crippen molar-refractivity contribution in [1.82, 2.24) is 5.32 Å². The topological polar surface area (TPSA) is 38.3 Å². The van der Waals surface area contributed by atoms with Gasteiger partial charge >= 0.3 is 0 Å². The highest BCUT2D eigenvalue weighted by molar-refractivity contribution is 6.02.